The monoisotopic (exact) mass is 311 g/mol. The number of methoxy groups -OCH3 is 1. The van der Waals surface area contributed by atoms with Gasteiger partial charge in [0.2, 0.25) is 0 Å². The molecule has 0 saturated heterocycles. The molecule has 0 atom stereocenters. The lowest BCUT2D eigenvalue weighted by molar-refractivity contribution is 0.310. The van der Waals surface area contributed by atoms with Gasteiger partial charge in [0, 0.05) is 5.56 Å². The van der Waals surface area contributed by atoms with E-state index in [1.165, 1.54) is 0 Å². The Morgan fingerprint density at radius 3 is 2.78 bits per heavy atom. The number of benzene rings is 1. The fourth-order valence-corrected chi connectivity index (χ4v) is 2.31. The molecule has 6 heteroatoms. The summed E-state index contributed by atoms with van der Waals surface area (Å²) in [5.41, 5.74) is 7.56. The molecule has 0 saturated carbocycles. The van der Waals surface area contributed by atoms with Gasteiger partial charge in [-0.05, 0) is 40.5 Å². The molecule has 0 aliphatic carbocycles. The normalized spacial score (nSPS) is 10.4. The minimum Gasteiger partial charge on any atom is -0.492 e. The number of hydrogen-bond donors (Lipinski definition) is 2. The second-order valence-electron chi connectivity index (χ2n) is 3.62. The lowest BCUT2D eigenvalue weighted by atomic mass is 10.1. The van der Waals surface area contributed by atoms with Crippen molar-refractivity contribution in [1.82, 2.24) is 10.2 Å². The molecule has 0 aliphatic rings. The molecular weight excluding hydrogens is 298 g/mol. The first-order valence-corrected chi connectivity index (χ1v) is 6.26. The van der Waals surface area contributed by atoms with Gasteiger partial charge in [-0.1, -0.05) is 0 Å². The van der Waals surface area contributed by atoms with Gasteiger partial charge >= 0.3 is 0 Å². The van der Waals surface area contributed by atoms with Crippen LogP contribution in [0.3, 0.4) is 0 Å². The van der Waals surface area contributed by atoms with Gasteiger partial charge in [-0.3, -0.25) is 5.10 Å². The Labute approximate surface area is 113 Å². The van der Waals surface area contributed by atoms with Gasteiger partial charge in [0.25, 0.3) is 0 Å². The van der Waals surface area contributed by atoms with Crippen LogP contribution in [0, 0.1) is 0 Å². The Balaban J connectivity index is 2.54. The molecule has 3 N–H and O–H groups in total. The highest BCUT2D eigenvalue weighted by molar-refractivity contribution is 9.10. The number of nitrogens with one attached hydrogen (secondary N) is 1. The molecule has 0 bridgehead atoms. The standard InChI is InChI=1S/C12H14BrN3O2/c1-3-18-10-5-7(4-9(13)11(10)17-2)8-6-15-16-12(8)14/h4-6H,3H2,1-2H3,(H3,14,15,16). The molecule has 0 radical (unpaired) electrons. The fourth-order valence-electron chi connectivity index (χ4n) is 1.71. The first-order valence-electron chi connectivity index (χ1n) is 5.47. The van der Waals surface area contributed by atoms with E-state index in [0.29, 0.717) is 23.9 Å². The molecule has 0 fully saturated rings. The van der Waals surface area contributed by atoms with E-state index in [1.807, 2.05) is 19.1 Å². The van der Waals surface area contributed by atoms with Crippen molar-refractivity contribution in [2.75, 3.05) is 19.5 Å². The van der Waals surface area contributed by atoms with E-state index in [2.05, 4.69) is 26.1 Å². The van der Waals surface area contributed by atoms with Gasteiger partial charge in [0.05, 0.1) is 24.4 Å². The Hall–Kier alpha value is -1.69. The van der Waals surface area contributed by atoms with Gasteiger partial charge in [-0.25, -0.2) is 0 Å². The Morgan fingerprint density at radius 1 is 1.44 bits per heavy atom. The van der Waals surface area contributed by atoms with Crippen LogP contribution in [0.4, 0.5) is 5.82 Å². The Kier molecular flexibility index (Phi) is 3.76. The van der Waals surface area contributed by atoms with Crippen LogP contribution in [-0.4, -0.2) is 23.9 Å². The maximum atomic E-state index is 5.81. The average Bonchev–Trinajstić information content (AvgIpc) is 2.75. The highest BCUT2D eigenvalue weighted by Gasteiger charge is 2.14. The van der Waals surface area contributed by atoms with E-state index in [-0.39, 0.29) is 0 Å². The number of hydrogen-bond acceptors (Lipinski definition) is 4. The van der Waals surface area contributed by atoms with Crippen molar-refractivity contribution in [3.05, 3.63) is 22.8 Å². The van der Waals surface area contributed by atoms with Crippen LogP contribution in [0.25, 0.3) is 11.1 Å². The second-order valence-corrected chi connectivity index (χ2v) is 4.47. The van der Waals surface area contributed by atoms with Crippen LogP contribution in [0.2, 0.25) is 0 Å². The zero-order valence-corrected chi connectivity index (χ0v) is 11.7. The summed E-state index contributed by atoms with van der Waals surface area (Å²) in [6.07, 6.45) is 1.68. The number of aromatic amines is 1. The van der Waals surface area contributed by atoms with Crippen molar-refractivity contribution in [3.63, 3.8) is 0 Å². The third kappa shape index (κ3) is 2.28. The number of H-pyrrole nitrogens is 1. The molecule has 0 spiro atoms. The number of anilines is 1. The zero-order chi connectivity index (χ0) is 13.1. The lowest BCUT2D eigenvalue weighted by Gasteiger charge is -2.13. The van der Waals surface area contributed by atoms with Crippen LogP contribution in [-0.2, 0) is 0 Å². The first kappa shape index (κ1) is 12.8. The number of aromatic nitrogens is 2. The summed E-state index contributed by atoms with van der Waals surface area (Å²) in [5.74, 6) is 1.86. The van der Waals surface area contributed by atoms with E-state index >= 15 is 0 Å². The number of nitrogen functional groups attached to an aromatic ring is 1. The summed E-state index contributed by atoms with van der Waals surface area (Å²) in [5, 5.41) is 6.62. The molecular formula is C12H14BrN3O2. The van der Waals surface area contributed by atoms with Gasteiger partial charge < -0.3 is 15.2 Å². The molecule has 5 nitrogen and oxygen atoms in total. The van der Waals surface area contributed by atoms with Gasteiger partial charge in [-0.15, -0.1) is 0 Å². The van der Waals surface area contributed by atoms with E-state index in [1.54, 1.807) is 13.3 Å². The van der Waals surface area contributed by atoms with Crippen LogP contribution in [0.5, 0.6) is 11.5 Å². The van der Waals surface area contributed by atoms with Crippen molar-refractivity contribution in [1.29, 1.82) is 0 Å². The summed E-state index contributed by atoms with van der Waals surface area (Å²) in [6, 6.07) is 3.80. The SMILES string of the molecule is CCOc1cc(-c2cn[nH]c2N)cc(Br)c1OC. The predicted molar refractivity (Wildman–Crippen MR) is 73.9 cm³/mol. The molecule has 1 aromatic heterocycles. The fraction of sp³-hybridized carbons (Fsp3) is 0.250. The highest BCUT2D eigenvalue weighted by Crippen LogP contribution is 2.40. The molecule has 1 aromatic carbocycles. The molecule has 2 aromatic rings. The van der Waals surface area contributed by atoms with Crippen molar-refractivity contribution in [2.45, 2.75) is 6.92 Å². The number of halogens is 1. The van der Waals surface area contributed by atoms with Gasteiger partial charge in [0.15, 0.2) is 11.5 Å². The van der Waals surface area contributed by atoms with E-state index in [4.69, 9.17) is 15.2 Å². The third-order valence-electron chi connectivity index (χ3n) is 2.49. The van der Waals surface area contributed by atoms with Gasteiger partial charge in [0.1, 0.15) is 5.82 Å². The smallest absolute Gasteiger partial charge is 0.174 e. The number of nitrogens with zero attached hydrogens (tertiary/aromatic N) is 1. The van der Waals surface area contributed by atoms with E-state index in [9.17, 15) is 0 Å². The summed E-state index contributed by atoms with van der Waals surface area (Å²) in [7, 11) is 1.61. The number of ether oxygens (including phenoxy) is 2. The zero-order valence-electron chi connectivity index (χ0n) is 10.2. The Bertz CT molecular complexity index is 554. The summed E-state index contributed by atoms with van der Waals surface area (Å²) < 4.78 is 11.7. The molecule has 18 heavy (non-hydrogen) atoms. The molecule has 0 amide bonds. The molecule has 2 rings (SSSR count). The topological polar surface area (TPSA) is 73.2 Å². The van der Waals surface area contributed by atoms with Crippen LogP contribution < -0.4 is 15.2 Å². The second kappa shape index (κ2) is 5.30. The van der Waals surface area contributed by atoms with Crippen molar-refractivity contribution < 1.29 is 9.47 Å². The highest BCUT2D eigenvalue weighted by atomic mass is 79.9. The number of nitrogens with two attached hydrogens (primary N) is 1. The van der Waals surface area contributed by atoms with Crippen LogP contribution >= 0.6 is 15.9 Å². The van der Waals surface area contributed by atoms with Crippen molar-refractivity contribution >= 4 is 21.7 Å². The van der Waals surface area contributed by atoms with E-state index in [0.717, 1.165) is 15.6 Å². The van der Waals surface area contributed by atoms with E-state index < -0.39 is 0 Å². The first-order chi connectivity index (χ1) is 8.67. The summed E-state index contributed by atoms with van der Waals surface area (Å²) in [6.45, 7) is 2.49. The maximum Gasteiger partial charge on any atom is 0.174 e. The third-order valence-corrected chi connectivity index (χ3v) is 3.08. The quantitative estimate of drug-likeness (QED) is 0.910. The Morgan fingerprint density at radius 2 is 2.22 bits per heavy atom. The predicted octanol–water partition coefficient (Wildman–Crippen LogP) is 2.83. The summed E-state index contributed by atoms with van der Waals surface area (Å²) in [4.78, 5) is 0. The van der Waals surface area contributed by atoms with Gasteiger partial charge in [-0.2, -0.15) is 5.10 Å². The molecule has 0 aliphatic heterocycles. The minimum absolute atomic E-state index is 0.523. The minimum atomic E-state index is 0.523. The van der Waals surface area contributed by atoms with Crippen LogP contribution in [0.1, 0.15) is 6.92 Å². The summed E-state index contributed by atoms with van der Waals surface area (Å²) >= 11 is 3.46. The molecule has 96 valence electrons. The lowest BCUT2D eigenvalue weighted by Crippen LogP contribution is -1.97. The molecule has 1 heterocycles. The largest absolute Gasteiger partial charge is 0.492 e. The maximum absolute atomic E-state index is 5.81. The molecule has 0 unspecified atom stereocenters. The van der Waals surface area contributed by atoms with Crippen LogP contribution in [0.15, 0.2) is 22.8 Å². The van der Waals surface area contributed by atoms with Crippen molar-refractivity contribution in [2.24, 2.45) is 0 Å². The average molecular weight is 312 g/mol. The van der Waals surface area contributed by atoms with Crippen molar-refractivity contribution in [3.8, 4) is 22.6 Å². The number of rotatable bonds is 4.